The minimum absolute atomic E-state index is 0. The first kappa shape index (κ1) is 19.4. The van der Waals surface area contributed by atoms with Crippen LogP contribution in [0, 0.1) is 11.6 Å². The molecule has 0 saturated carbocycles. The summed E-state index contributed by atoms with van der Waals surface area (Å²) < 4.78 is 56.3. The number of rotatable bonds is 5. The van der Waals surface area contributed by atoms with Gasteiger partial charge in [-0.1, -0.05) is 18.2 Å². The van der Waals surface area contributed by atoms with Gasteiger partial charge in [-0.05, 0) is 44.3 Å². The number of fused-ring (bicyclic) bond motifs is 1. The summed E-state index contributed by atoms with van der Waals surface area (Å²) in [6, 6.07) is 9.63. The average molecular weight is 390 g/mol. The zero-order valence-corrected chi connectivity index (χ0v) is 15.1. The molecule has 9 heteroatoms. The van der Waals surface area contributed by atoms with Gasteiger partial charge in [0.15, 0.2) is 0 Å². The van der Waals surface area contributed by atoms with Crippen molar-refractivity contribution in [2.45, 2.75) is 6.42 Å². The van der Waals surface area contributed by atoms with E-state index in [1.165, 1.54) is 42.5 Å². The van der Waals surface area contributed by atoms with Crippen LogP contribution in [-0.4, -0.2) is 28.6 Å². The van der Waals surface area contributed by atoms with Gasteiger partial charge in [-0.25, -0.2) is 17.4 Å². The van der Waals surface area contributed by atoms with Crippen molar-refractivity contribution in [1.82, 2.24) is 5.32 Å². The van der Waals surface area contributed by atoms with Crippen molar-refractivity contribution < 1.29 is 17.2 Å². The molecule has 0 atom stereocenters. The first-order valence-corrected chi connectivity index (χ1v) is 8.89. The molecule has 136 valence electrons. The maximum atomic E-state index is 14.3. The maximum Gasteiger partial charge on any atom is 0.331 e. The van der Waals surface area contributed by atoms with Crippen molar-refractivity contribution in [1.29, 1.82) is 0 Å². The van der Waals surface area contributed by atoms with Gasteiger partial charge >= 0.3 is 10.2 Å². The molecule has 1 heterocycles. The van der Waals surface area contributed by atoms with Gasteiger partial charge in [-0.2, -0.15) is 8.42 Å². The lowest BCUT2D eigenvalue weighted by Gasteiger charge is -2.22. The minimum atomic E-state index is -4.11. The molecule has 2 aromatic rings. The third-order valence-corrected chi connectivity index (χ3v) is 5.58. The summed E-state index contributed by atoms with van der Waals surface area (Å²) in [6.07, 6.45) is 0.495. The van der Waals surface area contributed by atoms with E-state index in [0.717, 1.165) is 8.61 Å². The lowest BCUT2D eigenvalue weighted by atomic mass is 10.2. The second-order valence-corrected chi connectivity index (χ2v) is 7.06. The fraction of sp³-hybridized carbons (Fsp3) is 0.250. The standard InChI is InChI=1S/C16H17F2N3O2S.ClH/c1-19-10-5-11-20-16-13(18)7-4-9-15(16)21(24(20,22)23)14-8-3-2-6-12(14)17;/h2-4,6-9,19H,5,10-11H2,1H3;1H. The molecule has 1 aliphatic rings. The molecule has 1 aliphatic heterocycles. The number of benzene rings is 2. The third kappa shape index (κ3) is 3.29. The highest BCUT2D eigenvalue weighted by atomic mass is 35.5. The van der Waals surface area contributed by atoms with Crippen molar-refractivity contribution in [2.75, 3.05) is 28.7 Å². The van der Waals surface area contributed by atoms with Crippen molar-refractivity contribution in [2.24, 2.45) is 0 Å². The summed E-state index contributed by atoms with van der Waals surface area (Å²) in [6.45, 7) is 0.678. The molecule has 0 fully saturated rings. The van der Waals surface area contributed by atoms with Gasteiger partial charge in [-0.3, -0.25) is 0 Å². The molecule has 5 nitrogen and oxygen atoms in total. The van der Waals surface area contributed by atoms with Gasteiger partial charge in [0.1, 0.15) is 17.3 Å². The summed E-state index contributed by atoms with van der Waals surface area (Å²) in [5.41, 5.74) is -0.0538. The Morgan fingerprint density at radius 1 is 1.00 bits per heavy atom. The Morgan fingerprint density at radius 2 is 1.64 bits per heavy atom. The number of anilines is 3. The summed E-state index contributed by atoms with van der Waals surface area (Å²) >= 11 is 0. The molecule has 0 saturated heterocycles. The number of nitrogens with one attached hydrogen (secondary N) is 1. The van der Waals surface area contributed by atoms with Crippen LogP contribution < -0.4 is 13.9 Å². The Hall–Kier alpha value is -1.90. The monoisotopic (exact) mass is 389 g/mol. The second kappa shape index (κ2) is 7.55. The number of nitrogens with zero attached hydrogens (tertiary/aromatic N) is 2. The van der Waals surface area contributed by atoms with Crippen LogP contribution in [-0.2, 0) is 10.2 Å². The van der Waals surface area contributed by atoms with E-state index in [1.807, 2.05) is 0 Å². The van der Waals surface area contributed by atoms with Gasteiger partial charge < -0.3 is 5.32 Å². The quantitative estimate of drug-likeness (QED) is 0.799. The van der Waals surface area contributed by atoms with Gasteiger partial charge in [0, 0.05) is 6.54 Å². The number of hydrogen-bond acceptors (Lipinski definition) is 3. The van der Waals surface area contributed by atoms with Crippen LogP contribution >= 0.6 is 12.4 Å². The number of halogens is 3. The van der Waals surface area contributed by atoms with Gasteiger partial charge in [0.05, 0.1) is 11.4 Å². The van der Waals surface area contributed by atoms with E-state index in [2.05, 4.69) is 5.32 Å². The van der Waals surface area contributed by atoms with E-state index in [-0.39, 0.29) is 36.0 Å². The van der Waals surface area contributed by atoms with Gasteiger partial charge in [0.25, 0.3) is 0 Å². The predicted molar refractivity (Wildman–Crippen MR) is 97.0 cm³/mol. The zero-order chi connectivity index (χ0) is 17.3. The van der Waals surface area contributed by atoms with Gasteiger partial charge in [-0.15, -0.1) is 12.4 Å². The van der Waals surface area contributed by atoms with Crippen molar-refractivity contribution >= 4 is 39.7 Å². The van der Waals surface area contributed by atoms with Crippen LogP contribution in [0.25, 0.3) is 0 Å². The average Bonchev–Trinajstić information content (AvgIpc) is 2.77. The smallest absolute Gasteiger partial charge is 0.320 e. The van der Waals surface area contributed by atoms with Crippen LogP contribution in [0.5, 0.6) is 0 Å². The molecule has 0 radical (unpaired) electrons. The Morgan fingerprint density at radius 3 is 2.32 bits per heavy atom. The molecular weight excluding hydrogens is 372 g/mol. The molecular formula is C16H18ClF2N3O2S. The highest BCUT2D eigenvalue weighted by molar-refractivity contribution is 7.95. The fourth-order valence-corrected chi connectivity index (χ4v) is 4.51. The van der Waals surface area contributed by atoms with E-state index in [0.29, 0.717) is 13.0 Å². The van der Waals surface area contributed by atoms with E-state index in [4.69, 9.17) is 0 Å². The van der Waals surface area contributed by atoms with Crippen LogP contribution in [0.4, 0.5) is 25.8 Å². The molecule has 2 aromatic carbocycles. The largest absolute Gasteiger partial charge is 0.331 e. The molecule has 0 unspecified atom stereocenters. The highest BCUT2D eigenvalue weighted by Crippen LogP contribution is 2.47. The van der Waals surface area contributed by atoms with Crippen LogP contribution in [0.3, 0.4) is 0 Å². The normalized spacial score (nSPS) is 15.0. The molecule has 0 amide bonds. The number of para-hydroxylation sites is 2. The topological polar surface area (TPSA) is 52.6 Å². The van der Waals surface area contributed by atoms with Crippen LogP contribution in [0.15, 0.2) is 42.5 Å². The SMILES string of the molecule is CNCCCN1c2c(F)cccc2N(c2ccccc2F)S1(=O)=O.Cl. The summed E-state index contributed by atoms with van der Waals surface area (Å²) in [7, 11) is -2.36. The van der Waals surface area contributed by atoms with Crippen molar-refractivity contribution in [3.8, 4) is 0 Å². The fourth-order valence-electron chi connectivity index (χ4n) is 2.75. The van der Waals surface area contributed by atoms with Crippen molar-refractivity contribution in [3.63, 3.8) is 0 Å². The van der Waals surface area contributed by atoms with E-state index >= 15 is 0 Å². The first-order valence-electron chi connectivity index (χ1n) is 7.49. The molecule has 25 heavy (non-hydrogen) atoms. The lowest BCUT2D eigenvalue weighted by molar-refractivity contribution is 0.585. The first-order chi connectivity index (χ1) is 11.5. The second-order valence-electron chi connectivity index (χ2n) is 5.36. The Labute approximate surface area is 151 Å². The van der Waals surface area contributed by atoms with Crippen LogP contribution in [0.1, 0.15) is 6.42 Å². The summed E-state index contributed by atoms with van der Waals surface area (Å²) in [4.78, 5) is 0. The lowest BCUT2D eigenvalue weighted by Crippen LogP contribution is -2.37. The Kier molecular flexibility index (Phi) is 5.87. The molecule has 0 spiro atoms. The molecule has 3 rings (SSSR count). The van der Waals surface area contributed by atoms with E-state index in [1.54, 1.807) is 7.05 Å². The summed E-state index contributed by atoms with van der Waals surface area (Å²) in [5, 5.41) is 2.92. The Bertz CT molecular complexity index is 864. The highest BCUT2D eigenvalue weighted by Gasteiger charge is 2.43. The third-order valence-electron chi connectivity index (χ3n) is 3.80. The molecule has 0 aromatic heterocycles. The number of hydrogen-bond donors (Lipinski definition) is 1. The van der Waals surface area contributed by atoms with Gasteiger partial charge in [0.2, 0.25) is 0 Å². The van der Waals surface area contributed by atoms with E-state index in [9.17, 15) is 17.2 Å². The van der Waals surface area contributed by atoms with Crippen LogP contribution in [0.2, 0.25) is 0 Å². The molecule has 0 bridgehead atoms. The predicted octanol–water partition coefficient (Wildman–Crippen LogP) is 3.20. The minimum Gasteiger partial charge on any atom is -0.320 e. The Balaban J connectivity index is 0.00000225. The zero-order valence-electron chi connectivity index (χ0n) is 13.4. The maximum absolute atomic E-state index is 14.3. The molecule has 1 N–H and O–H groups in total. The summed E-state index contributed by atoms with van der Waals surface area (Å²) in [5.74, 6) is -1.34. The molecule has 0 aliphatic carbocycles. The van der Waals surface area contributed by atoms with Crippen molar-refractivity contribution in [3.05, 3.63) is 54.1 Å². The van der Waals surface area contributed by atoms with E-state index < -0.39 is 21.8 Å².